The van der Waals surface area contributed by atoms with E-state index in [1.54, 1.807) is 0 Å². The average molecular weight is 217 g/mol. The first-order valence-corrected chi connectivity index (χ1v) is 3.99. The van der Waals surface area contributed by atoms with Crippen LogP contribution < -0.4 is 0 Å². The van der Waals surface area contributed by atoms with Gasteiger partial charge in [-0.25, -0.2) is 8.78 Å². The second-order valence-electron chi connectivity index (χ2n) is 2.46. The van der Waals surface area contributed by atoms with E-state index in [1.807, 2.05) is 0 Å². The van der Waals surface area contributed by atoms with Gasteiger partial charge in [0.15, 0.2) is 0 Å². The molecular formula is C8H3ClF2N2O. The molecule has 0 bridgehead atoms. The minimum atomic E-state index is -0.773. The molecule has 0 fully saturated rings. The predicted octanol–water partition coefficient (Wildman–Crippen LogP) is 2.67. The van der Waals surface area contributed by atoms with Crippen molar-refractivity contribution in [1.29, 1.82) is 0 Å². The van der Waals surface area contributed by atoms with Crippen LogP contribution in [0.4, 0.5) is 8.78 Å². The van der Waals surface area contributed by atoms with Gasteiger partial charge in [-0.2, -0.15) is 0 Å². The van der Waals surface area contributed by atoms with Crippen LogP contribution in [-0.2, 0) is 0 Å². The second-order valence-corrected chi connectivity index (χ2v) is 2.78. The maximum atomic E-state index is 13.1. The Bertz CT molecular complexity index is 452. The SMILES string of the molecule is Fc1cccc(F)c1-c1nnc(Cl)o1. The van der Waals surface area contributed by atoms with Crippen LogP contribution in [0.2, 0.25) is 5.35 Å². The molecule has 0 saturated carbocycles. The number of rotatable bonds is 1. The Morgan fingerprint density at radius 3 is 2.29 bits per heavy atom. The molecule has 0 saturated heterocycles. The van der Waals surface area contributed by atoms with E-state index in [2.05, 4.69) is 10.2 Å². The molecule has 6 heteroatoms. The van der Waals surface area contributed by atoms with E-state index >= 15 is 0 Å². The standard InChI is InChI=1S/C8H3ClF2N2O/c9-8-13-12-7(14-8)6-4(10)2-1-3-5(6)11/h1-3H. The summed E-state index contributed by atoms with van der Waals surface area (Å²) >= 11 is 5.33. The van der Waals surface area contributed by atoms with Gasteiger partial charge in [-0.05, 0) is 23.7 Å². The summed E-state index contributed by atoms with van der Waals surface area (Å²) in [5.74, 6) is -1.82. The molecule has 1 heterocycles. The fourth-order valence-corrected chi connectivity index (χ4v) is 1.12. The summed E-state index contributed by atoms with van der Waals surface area (Å²) in [6.07, 6.45) is 0. The largest absolute Gasteiger partial charge is 0.407 e. The van der Waals surface area contributed by atoms with Crippen LogP contribution in [0, 0.1) is 11.6 Å². The highest BCUT2D eigenvalue weighted by atomic mass is 35.5. The molecule has 0 aliphatic rings. The van der Waals surface area contributed by atoms with Gasteiger partial charge in [0.1, 0.15) is 17.2 Å². The molecule has 1 aromatic carbocycles. The number of halogens is 3. The lowest BCUT2D eigenvalue weighted by molar-refractivity contribution is 0.541. The third-order valence-corrected chi connectivity index (χ3v) is 1.73. The maximum absolute atomic E-state index is 13.1. The van der Waals surface area contributed by atoms with Crippen LogP contribution in [0.15, 0.2) is 22.6 Å². The summed E-state index contributed by atoms with van der Waals surface area (Å²) in [4.78, 5) is 0. The van der Waals surface area contributed by atoms with Crippen molar-refractivity contribution in [3.63, 3.8) is 0 Å². The van der Waals surface area contributed by atoms with Crippen molar-refractivity contribution in [3.8, 4) is 11.5 Å². The van der Waals surface area contributed by atoms with Crippen molar-refractivity contribution in [3.05, 3.63) is 35.2 Å². The minimum Gasteiger partial charge on any atom is -0.407 e. The first-order chi connectivity index (χ1) is 6.68. The summed E-state index contributed by atoms with van der Waals surface area (Å²) in [7, 11) is 0. The third-order valence-electron chi connectivity index (χ3n) is 1.58. The highest BCUT2D eigenvalue weighted by Crippen LogP contribution is 2.25. The number of nitrogens with zero attached hydrogens (tertiary/aromatic N) is 2. The Labute approximate surface area is 82.3 Å². The molecule has 2 rings (SSSR count). The first-order valence-electron chi connectivity index (χ1n) is 3.62. The van der Waals surface area contributed by atoms with Crippen LogP contribution >= 0.6 is 11.6 Å². The third kappa shape index (κ3) is 1.46. The molecule has 0 radical (unpaired) electrons. The molecule has 0 amide bonds. The molecule has 0 aliphatic carbocycles. The lowest BCUT2D eigenvalue weighted by Crippen LogP contribution is -1.89. The van der Waals surface area contributed by atoms with Crippen molar-refractivity contribution in [1.82, 2.24) is 10.2 Å². The topological polar surface area (TPSA) is 38.9 Å². The molecule has 0 unspecified atom stereocenters. The summed E-state index contributed by atoms with van der Waals surface area (Å²) in [6.45, 7) is 0. The zero-order valence-corrected chi connectivity index (χ0v) is 7.42. The van der Waals surface area contributed by atoms with Gasteiger partial charge in [0.2, 0.25) is 0 Å². The average Bonchev–Trinajstić information content (AvgIpc) is 2.51. The van der Waals surface area contributed by atoms with Crippen LogP contribution in [0.3, 0.4) is 0 Å². The van der Waals surface area contributed by atoms with Crippen molar-refractivity contribution in [2.24, 2.45) is 0 Å². The maximum Gasteiger partial charge on any atom is 0.313 e. The van der Waals surface area contributed by atoms with Gasteiger partial charge in [-0.15, -0.1) is 5.10 Å². The molecule has 14 heavy (non-hydrogen) atoms. The van der Waals surface area contributed by atoms with Gasteiger partial charge >= 0.3 is 5.35 Å². The Hall–Kier alpha value is -1.49. The van der Waals surface area contributed by atoms with E-state index in [4.69, 9.17) is 16.0 Å². The lowest BCUT2D eigenvalue weighted by Gasteiger charge is -1.97. The van der Waals surface area contributed by atoms with Crippen LogP contribution in [0.5, 0.6) is 0 Å². The Morgan fingerprint density at radius 2 is 1.79 bits per heavy atom. The Balaban J connectivity index is 2.61. The van der Waals surface area contributed by atoms with Crippen molar-refractivity contribution < 1.29 is 13.2 Å². The van der Waals surface area contributed by atoms with Gasteiger partial charge in [0.25, 0.3) is 5.89 Å². The van der Waals surface area contributed by atoms with Crippen molar-refractivity contribution in [2.75, 3.05) is 0 Å². The van der Waals surface area contributed by atoms with Gasteiger partial charge in [0.05, 0.1) is 0 Å². The molecule has 2 aromatic rings. The highest BCUT2D eigenvalue weighted by Gasteiger charge is 2.16. The summed E-state index contributed by atoms with van der Waals surface area (Å²) in [5, 5.41) is 6.41. The second kappa shape index (κ2) is 3.34. The van der Waals surface area contributed by atoms with E-state index in [-0.39, 0.29) is 16.8 Å². The zero-order valence-electron chi connectivity index (χ0n) is 6.67. The number of benzene rings is 1. The molecule has 0 N–H and O–H groups in total. The van der Waals surface area contributed by atoms with E-state index in [0.29, 0.717) is 0 Å². The monoisotopic (exact) mass is 216 g/mol. The number of hydrogen-bond donors (Lipinski definition) is 0. The molecule has 0 aliphatic heterocycles. The van der Waals surface area contributed by atoms with Crippen molar-refractivity contribution in [2.45, 2.75) is 0 Å². The predicted molar refractivity (Wildman–Crippen MR) is 44.7 cm³/mol. The van der Waals surface area contributed by atoms with Crippen LogP contribution in [0.25, 0.3) is 11.5 Å². The molecule has 3 nitrogen and oxygen atoms in total. The molecule has 0 spiro atoms. The zero-order chi connectivity index (χ0) is 10.1. The number of aromatic nitrogens is 2. The Kier molecular flexibility index (Phi) is 2.17. The first kappa shape index (κ1) is 9.08. The van der Waals surface area contributed by atoms with Crippen LogP contribution in [-0.4, -0.2) is 10.2 Å². The lowest BCUT2D eigenvalue weighted by atomic mass is 10.2. The summed E-state index contributed by atoms with van der Waals surface area (Å²) < 4.78 is 31.0. The van der Waals surface area contributed by atoms with E-state index in [1.165, 1.54) is 6.07 Å². The summed E-state index contributed by atoms with van der Waals surface area (Å²) in [5.41, 5.74) is -0.369. The van der Waals surface area contributed by atoms with Gasteiger partial charge in [0, 0.05) is 0 Å². The quantitative estimate of drug-likeness (QED) is 0.736. The van der Waals surface area contributed by atoms with Crippen molar-refractivity contribution >= 4 is 11.6 Å². The fourth-order valence-electron chi connectivity index (χ4n) is 1.01. The highest BCUT2D eigenvalue weighted by molar-refractivity contribution is 6.27. The normalized spacial score (nSPS) is 10.5. The molecule has 0 atom stereocenters. The van der Waals surface area contributed by atoms with Gasteiger partial charge in [-0.3, -0.25) is 0 Å². The van der Waals surface area contributed by atoms with E-state index in [0.717, 1.165) is 12.1 Å². The van der Waals surface area contributed by atoms with Gasteiger partial charge in [-0.1, -0.05) is 11.2 Å². The van der Waals surface area contributed by atoms with E-state index in [9.17, 15) is 8.78 Å². The van der Waals surface area contributed by atoms with Gasteiger partial charge < -0.3 is 4.42 Å². The minimum absolute atomic E-state index is 0.261. The summed E-state index contributed by atoms with van der Waals surface area (Å²) in [6, 6.07) is 3.43. The molecule has 1 aromatic heterocycles. The Morgan fingerprint density at radius 1 is 1.14 bits per heavy atom. The molecule has 72 valence electrons. The van der Waals surface area contributed by atoms with Crippen LogP contribution in [0.1, 0.15) is 0 Å². The molecular weight excluding hydrogens is 214 g/mol. The smallest absolute Gasteiger partial charge is 0.313 e. The van der Waals surface area contributed by atoms with E-state index < -0.39 is 11.6 Å². The number of hydrogen-bond acceptors (Lipinski definition) is 3. The fraction of sp³-hybridized carbons (Fsp3) is 0.